The molecule has 0 bridgehead atoms. The molecule has 37 heavy (non-hydrogen) atoms. The van der Waals surface area contributed by atoms with Gasteiger partial charge in [0.2, 0.25) is 0 Å². The molecule has 0 spiro atoms. The molecule has 0 unspecified atom stereocenters. The molecule has 0 amide bonds. The molecule has 4 aromatic rings. The van der Waals surface area contributed by atoms with Crippen LogP contribution in [0.15, 0.2) is 48.8 Å². The predicted molar refractivity (Wildman–Crippen MR) is 153 cm³/mol. The van der Waals surface area contributed by atoms with Crippen molar-refractivity contribution in [3.8, 4) is 6.07 Å². The van der Waals surface area contributed by atoms with E-state index in [1.165, 1.54) is 22.1 Å². The summed E-state index contributed by atoms with van der Waals surface area (Å²) in [5.41, 5.74) is 10.1. The highest BCUT2D eigenvalue weighted by Gasteiger charge is 2.15. The van der Waals surface area contributed by atoms with Gasteiger partial charge in [-0.25, -0.2) is 0 Å². The molecule has 0 radical (unpaired) electrons. The minimum Gasteiger partial charge on any atom is -0.361 e. The van der Waals surface area contributed by atoms with E-state index in [9.17, 15) is 5.26 Å². The molecule has 0 atom stereocenters. The summed E-state index contributed by atoms with van der Waals surface area (Å²) in [4.78, 5) is 12.7. The summed E-state index contributed by atoms with van der Waals surface area (Å²) in [6.07, 6.45) is 7.81. The van der Waals surface area contributed by atoms with Gasteiger partial charge in [-0.2, -0.15) is 5.26 Å². The van der Waals surface area contributed by atoms with Crippen molar-refractivity contribution in [2.24, 2.45) is 0 Å². The average molecular weight is 491 g/mol. The summed E-state index contributed by atoms with van der Waals surface area (Å²) in [6.45, 7) is 11.7. The van der Waals surface area contributed by atoms with Crippen LogP contribution in [0.4, 0.5) is 11.4 Å². The first-order chi connectivity index (χ1) is 17.9. The molecule has 1 aliphatic heterocycles. The SMILES string of the molecule is Cc1cc(CN2CCN(C)CC2)ccc1C=Cc1c(C)ncc(C#N)c1Nc1ccc2[nH]ccc2c1C. The van der Waals surface area contributed by atoms with Gasteiger partial charge in [0.1, 0.15) is 6.07 Å². The predicted octanol–water partition coefficient (Wildman–Crippen LogP) is 6.02. The highest BCUT2D eigenvalue weighted by atomic mass is 15.2. The fourth-order valence-corrected chi connectivity index (χ4v) is 5.06. The first-order valence-electron chi connectivity index (χ1n) is 12.8. The number of hydrogen-bond donors (Lipinski definition) is 2. The maximum atomic E-state index is 9.86. The number of fused-ring (bicyclic) bond motifs is 1. The molecular formula is C31H34N6. The van der Waals surface area contributed by atoms with Crippen LogP contribution in [0.2, 0.25) is 0 Å². The number of aryl methyl sites for hydroxylation is 3. The Labute approximate surface area is 219 Å². The van der Waals surface area contributed by atoms with Gasteiger partial charge in [0.15, 0.2) is 0 Å². The number of pyridine rings is 1. The van der Waals surface area contributed by atoms with Gasteiger partial charge in [-0.15, -0.1) is 0 Å². The third kappa shape index (κ3) is 5.29. The summed E-state index contributed by atoms with van der Waals surface area (Å²) >= 11 is 0. The second kappa shape index (κ2) is 10.6. The van der Waals surface area contributed by atoms with Gasteiger partial charge in [-0.3, -0.25) is 9.88 Å². The second-order valence-electron chi connectivity index (χ2n) is 10.1. The maximum Gasteiger partial charge on any atom is 0.103 e. The third-order valence-electron chi connectivity index (χ3n) is 7.47. The number of nitriles is 1. The van der Waals surface area contributed by atoms with Crippen molar-refractivity contribution >= 4 is 34.4 Å². The monoisotopic (exact) mass is 490 g/mol. The standard InChI is InChI=1S/C31H34N6/c1-21-17-24(20-37-15-13-36(4)14-16-37)5-6-25(21)7-8-28-23(3)34-19-26(18-32)31(28)35-29-9-10-30-27(22(29)2)11-12-33-30/h5-12,17,19,33H,13-16,20H2,1-4H3,(H,34,35). The van der Waals surface area contributed by atoms with Crippen LogP contribution in [0.5, 0.6) is 0 Å². The largest absolute Gasteiger partial charge is 0.361 e. The summed E-state index contributed by atoms with van der Waals surface area (Å²) in [6, 6.07) is 15.2. The smallest absolute Gasteiger partial charge is 0.103 e. The van der Waals surface area contributed by atoms with E-state index in [1.54, 1.807) is 6.20 Å². The molecule has 5 rings (SSSR count). The summed E-state index contributed by atoms with van der Waals surface area (Å²) in [5, 5.41) is 14.6. The average Bonchev–Trinajstić information content (AvgIpc) is 3.38. The third-order valence-corrected chi connectivity index (χ3v) is 7.47. The zero-order valence-electron chi connectivity index (χ0n) is 22.1. The van der Waals surface area contributed by atoms with Crippen molar-refractivity contribution in [1.82, 2.24) is 19.8 Å². The molecule has 3 heterocycles. The number of hydrogen-bond acceptors (Lipinski definition) is 5. The van der Waals surface area contributed by atoms with Gasteiger partial charge in [-0.05, 0) is 68.3 Å². The van der Waals surface area contributed by atoms with Gasteiger partial charge in [-0.1, -0.05) is 30.4 Å². The van der Waals surface area contributed by atoms with Crippen molar-refractivity contribution in [1.29, 1.82) is 5.26 Å². The van der Waals surface area contributed by atoms with E-state index < -0.39 is 0 Å². The number of H-pyrrole nitrogens is 1. The number of nitrogens with zero attached hydrogens (tertiary/aromatic N) is 4. The summed E-state index contributed by atoms with van der Waals surface area (Å²) in [7, 11) is 2.19. The minimum absolute atomic E-state index is 0.526. The Kier molecular flexibility index (Phi) is 7.09. The number of benzene rings is 2. The van der Waals surface area contributed by atoms with Crippen molar-refractivity contribution < 1.29 is 0 Å². The van der Waals surface area contributed by atoms with Gasteiger partial charge >= 0.3 is 0 Å². The first kappa shape index (κ1) is 24.8. The van der Waals surface area contributed by atoms with Crippen molar-refractivity contribution in [3.63, 3.8) is 0 Å². The lowest BCUT2D eigenvalue weighted by atomic mass is 10.0. The number of piperazine rings is 1. The Hall–Kier alpha value is -3.92. The number of aromatic amines is 1. The molecule has 2 N–H and O–H groups in total. The van der Waals surface area contributed by atoms with E-state index in [0.29, 0.717) is 5.56 Å². The van der Waals surface area contributed by atoms with Crippen LogP contribution in [-0.4, -0.2) is 53.0 Å². The summed E-state index contributed by atoms with van der Waals surface area (Å²) in [5.74, 6) is 0. The van der Waals surface area contributed by atoms with Crippen LogP contribution >= 0.6 is 0 Å². The molecule has 0 aliphatic carbocycles. The molecule has 2 aromatic heterocycles. The number of likely N-dealkylation sites (N-methyl/N-ethyl adjacent to an activating group) is 1. The maximum absolute atomic E-state index is 9.86. The minimum atomic E-state index is 0.526. The van der Waals surface area contributed by atoms with E-state index in [0.717, 1.165) is 66.4 Å². The number of aromatic nitrogens is 2. The highest BCUT2D eigenvalue weighted by molar-refractivity contribution is 5.90. The van der Waals surface area contributed by atoms with Gasteiger partial charge in [0.05, 0.1) is 11.3 Å². The second-order valence-corrected chi connectivity index (χ2v) is 10.1. The number of rotatable bonds is 6. The van der Waals surface area contributed by atoms with Gasteiger partial charge in [0, 0.05) is 73.0 Å². The Bertz CT molecular complexity index is 1500. The fourth-order valence-electron chi connectivity index (χ4n) is 5.06. The van der Waals surface area contributed by atoms with Crippen LogP contribution in [0.1, 0.15) is 39.1 Å². The van der Waals surface area contributed by atoms with Gasteiger partial charge in [0.25, 0.3) is 0 Å². The molecular weight excluding hydrogens is 456 g/mol. The van der Waals surface area contributed by atoms with Gasteiger partial charge < -0.3 is 15.2 Å². The van der Waals surface area contributed by atoms with Crippen LogP contribution < -0.4 is 5.32 Å². The van der Waals surface area contributed by atoms with E-state index in [2.05, 4.69) is 101 Å². The Morgan fingerprint density at radius 3 is 2.62 bits per heavy atom. The molecule has 6 nitrogen and oxygen atoms in total. The van der Waals surface area contributed by atoms with E-state index in [1.807, 2.05) is 13.1 Å². The Morgan fingerprint density at radius 2 is 1.86 bits per heavy atom. The molecule has 0 saturated carbocycles. The zero-order chi connectivity index (χ0) is 25.9. The normalized spacial score (nSPS) is 14.9. The van der Waals surface area contributed by atoms with E-state index in [4.69, 9.17) is 0 Å². The van der Waals surface area contributed by atoms with Crippen LogP contribution in [-0.2, 0) is 6.54 Å². The van der Waals surface area contributed by atoms with Crippen molar-refractivity contribution in [2.45, 2.75) is 27.3 Å². The topological polar surface area (TPSA) is 71.0 Å². The molecule has 1 aliphatic rings. The van der Waals surface area contributed by atoms with Crippen LogP contribution in [0, 0.1) is 32.1 Å². The number of nitrogens with one attached hydrogen (secondary N) is 2. The quantitative estimate of drug-likeness (QED) is 0.346. The fraction of sp³-hybridized carbons (Fsp3) is 0.290. The molecule has 1 saturated heterocycles. The molecule has 2 aromatic carbocycles. The van der Waals surface area contributed by atoms with E-state index >= 15 is 0 Å². The Morgan fingerprint density at radius 1 is 1.05 bits per heavy atom. The molecule has 6 heteroatoms. The lowest BCUT2D eigenvalue weighted by Gasteiger charge is -2.32. The lowest BCUT2D eigenvalue weighted by Crippen LogP contribution is -2.43. The van der Waals surface area contributed by atoms with E-state index in [-0.39, 0.29) is 0 Å². The molecule has 188 valence electrons. The highest BCUT2D eigenvalue weighted by Crippen LogP contribution is 2.32. The van der Waals surface area contributed by atoms with Crippen LogP contribution in [0.3, 0.4) is 0 Å². The lowest BCUT2D eigenvalue weighted by molar-refractivity contribution is 0.148. The Balaban J connectivity index is 1.42. The first-order valence-corrected chi connectivity index (χ1v) is 12.8. The number of anilines is 2. The molecule has 1 fully saturated rings. The zero-order valence-corrected chi connectivity index (χ0v) is 22.1. The van der Waals surface area contributed by atoms with Crippen molar-refractivity contribution in [3.05, 3.63) is 87.9 Å². The summed E-state index contributed by atoms with van der Waals surface area (Å²) < 4.78 is 0. The van der Waals surface area contributed by atoms with Crippen LogP contribution in [0.25, 0.3) is 23.1 Å². The van der Waals surface area contributed by atoms with Crippen molar-refractivity contribution in [2.75, 3.05) is 38.5 Å².